The summed E-state index contributed by atoms with van der Waals surface area (Å²) in [4.78, 5) is 5.08. The molecule has 342 valence electrons. The van der Waals surface area contributed by atoms with Crippen molar-refractivity contribution in [3.63, 3.8) is 0 Å². The van der Waals surface area contributed by atoms with Crippen LogP contribution in [0.3, 0.4) is 0 Å². The van der Waals surface area contributed by atoms with Crippen LogP contribution >= 0.6 is 0 Å². The Balaban J connectivity index is 1.20. The number of rotatable bonds is 8. The fourth-order valence-corrected chi connectivity index (χ4v) is 15.7. The van der Waals surface area contributed by atoms with E-state index in [-0.39, 0.29) is 0 Å². The third-order valence-corrected chi connectivity index (χ3v) is 19.5. The topological polar surface area (TPSA) is 6.48 Å². The van der Waals surface area contributed by atoms with Crippen molar-refractivity contribution in [3.8, 4) is 22.3 Å². The lowest BCUT2D eigenvalue weighted by Gasteiger charge is -2.35. The first-order valence-corrected chi connectivity index (χ1v) is 32.2. The Morgan fingerprint density at radius 3 is 1.34 bits per heavy atom. The largest absolute Gasteiger partial charge is 0.311 e. The zero-order chi connectivity index (χ0) is 48.2. The van der Waals surface area contributed by atoms with Gasteiger partial charge in [-0.1, -0.05) is 215 Å². The Hall–Kier alpha value is -7.77. The fraction of sp³-hybridized carbons (Fsp3) is 0.104. The maximum absolute atomic E-state index is 2.58. The molecule has 0 unspecified atom stereocenters. The van der Waals surface area contributed by atoms with E-state index in [4.69, 9.17) is 0 Å². The Labute approximate surface area is 420 Å². The summed E-state index contributed by atoms with van der Waals surface area (Å²) in [6.07, 6.45) is 0. The van der Waals surface area contributed by atoms with Crippen LogP contribution in [0.4, 0.5) is 34.1 Å². The van der Waals surface area contributed by atoms with Crippen LogP contribution in [0.1, 0.15) is 22.3 Å². The van der Waals surface area contributed by atoms with Gasteiger partial charge in [0.2, 0.25) is 0 Å². The molecule has 13 rings (SSSR count). The number of fused-ring (bicyclic) bond motifs is 17. The minimum atomic E-state index is -1.84. The Bertz CT molecular complexity index is 3870. The summed E-state index contributed by atoms with van der Waals surface area (Å²) in [5, 5.41) is 10.5. The molecular weight excluding hydrogens is 889 g/mol. The number of benzene rings is 11. The molecule has 0 aromatic heterocycles. The van der Waals surface area contributed by atoms with E-state index >= 15 is 0 Å². The van der Waals surface area contributed by atoms with Crippen molar-refractivity contribution in [2.75, 3.05) is 9.80 Å². The molecule has 0 amide bonds. The van der Waals surface area contributed by atoms with Crippen LogP contribution in [0.5, 0.6) is 0 Å². The highest BCUT2D eigenvalue weighted by Gasteiger charge is 2.54. The summed E-state index contributed by atoms with van der Waals surface area (Å²) in [5.74, 6) is 0. The Kier molecular flexibility index (Phi) is 9.84. The molecule has 0 aliphatic heterocycles. The van der Waals surface area contributed by atoms with Gasteiger partial charge in [0.25, 0.3) is 0 Å². The van der Waals surface area contributed by atoms with Crippen LogP contribution < -0.4 is 20.2 Å². The van der Waals surface area contributed by atoms with E-state index in [1.54, 1.807) is 0 Å². The van der Waals surface area contributed by atoms with Crippen LogP contribution in [-0.2, 0) is 5.41 Å². The lowest BCUT2D eigenvalue weighted by Crippen LogP contribution is -2.40. The van der Waals surface area contributed by atoms with Crippen molar-refractivity contribution in [2.24, 2.45) is 0 Å². The molecule has 0 bridgehead atoms. The van der Waals surface area contributed by atoms with Crippen molar-refractivity contribution >= 4 is 93.0 Å². The van der Waals surface area contributed by atoms with Gasteiger partial charge in [0.1, 0.15) is 0 Å². The van der Waals surface area contributed by atoms with Gasteiger partial charge < -0.3 is 9.80 Å². The van der Waals surface area contributed by atoms with Gasteiger partial charge in [0.15, 0.2) is 0 Å². The van der Waals surface area contributed by atoms with Gasteiger partial charge in [-0.3, -0.25) is 0 Å². The first kappa shape index (κ1) is 43.3. The summed E-state index contributed by atoms with van der Waals surface area (Å²) < 4.78 is 0. The average molecular weight is 945 g/mol. The molecule has 0 atom stereocenters. The number of nitrogens with zero attached hydrogens (tertiary/aromatic N) is 2. The van der Waals surface area contributed by atoms with Crippen LogP contribution in [0.15, 0.2) is 231 Å². The molecule has 0 saturated carbocycles. The van der Waals surface area contributed by atoms with E-state index in [2.05, 4.69) is 280 Å². The minimum absolute atomic E-state index is 0.614. The highest BCUT2D eigenvalue weighted by atomic mass is 28.3. The quantitative estimate of drug-likeness (QED) is 0.111. The average Bonchev–Trinajstić information content (AvgIpc) is 3.87. The number of para-hydroxylation sites is 4. The predicted molar refractivity (Wildman–Crippen MR) is 311 cm³/mol. The van der Waals surface area contributed by atoms with Gasteiger partial charge >= 0.3 is 0 Å². The van der Waals surface area contributed by atoms with Crippen molar-refractivity contribution in [1.29, 1.82) is 0 Å². The zero-order valence-electron chi connectivity index (χ0n) is 41.3. The van der Waals surface area contributed by atoms with Crippen LogP contribution in [0, 0.1) is 0 Å². The van der Waals surface area contributed by atoms with Gasteiger partial charge in [-0.15, -0.1) is 0 Å². The molecule has 4 heteroatoms. The second-order valence-electron chi connectivity index (χ2n) is 21.6. The first-order chi connectivity index (χ1) is 34.5. The molecule has 11 aromatic carbocycles. The molecule has 2 aliphatic rings. The highest BCUT2D eigenvalue weighted by Crippen LogP contribution is 2.67. The molecule has 2 nitrogen and oxygen atoms in total. The van der Waals surface area contributed by atoms with Crippen molar-refractivity contribution in [2.45, 2.75) is 44.7 Å². The zero-order valence-corrected chi connectivity index (χ0v) is 43.3. The summed E-state index contributed by atoms with van der Waals surface area (Å²) in [6, 6.07) is 87.4. The van der Waals surface area contributed by atoms with Gasteiger partial charge in [-0.25, -0.2) is 0 Å². The summed E-state index contributed by atoms with van der Waals surface area (Å²) in [6.45, 7) is 14.8. The van der Waals surface area contributed by atoms with E-state index in [0.29, 0.717) is 0 Å². The maximum Gasteiger partial charge on any atom is 0.0803 e. The van der Waals surface area contributed by atoms with E-state index in [1.165, 1.54) is 104 Å². The third kappa shape index (κ3) is 6.44. The van der Waals surface area contributed by atoms with Crippen LogP contribution in [-0.4, -0.2) is 16.1 Å². The van der Waals surface area contributed by atoms with Gasteiger partial charge in [0.05, 0.1) is 27.3 Å². The Morgan fingerprint density at radius 1 is 0.296 bits per heavy atom. The lowest BCUT2D eigenvalue weighted by molar-refractivity contribution is 0.809. The van der Waals surface area contributed by atoms with Gasteiger partial charge in [-0.2, -0.15) is 0 Å². The SMILES string of the molecule is C[Si](C)(C)c1ccccc1N(c1ccccc1)c1ccc2c3c(c4ccccc4c2c1)-c1cc(N(c2ccccc2)c2ccccc2[Si](C)(C)C)c2ccccc2c1C31c2ccccc2-c2ccccc21. The second-order valence-corrected chi connectivity index (χ2v) is 31.7. The van der Waals surface area contributed by atoms with Gasteiger partial charge in [-0.05, 0) is 136 Å². The predicted octanol–water partition coefficient (Wildman–Crippen LogP) is 17.5. The normalized spacial score (nSPS) is 13.3. The lowest BCUT2D eigenvalue weighted by atomic mass is 9.68. The number of anilines is 6. The van der Waals surface area contributed by atoms with Crippen molar-refractivity contribution in [1.82, 2.24) is 0 Å². The number of hydrogen-bond donors (Lipinski definition) is 0. The van der Waals surface area contributed by atoms with E-state index < -0.39 is 21.6 Å². The molecule has 0 N–H and O–H groups in total. The monoisotopic (exact) mass is 944 g/mol. The van der Waals surface area contributed by atoms with Gasteiger partial charge in [0, 0.05) is 33.8 Å². The smallest absolute Gasteiger partial charge is 0.0803 e. The Morgan fingerprint density at radius 2 is 0.746 bits per heavy atom. The van der Waals surface area contributed by atoms with E-state index in [1.807, 2.05) is 0 Å². The minimum Gasteiger partial charge on any atom is -0.311 e. The third-order valence-electron chi connectivity index (χ3n) is 15.4. The molecule has 2 aliphatic carbocycles. The van der Waals surface area contributed by atoms with Crippen LogP contribution in [0.2, 0.25) is 39.3 Å². The molecule has 0 heterocycles. The van der Waals surface area contributed by atoms with Crippen molar-refractivity contribution in [3.05, 3.63) is 253 Å². The molecule has 0 radical (unpaired) electrons. The molecule has 11 aromatic rings. The van der Waals surface area contributed by atoms with E-state index in [0.717, 1.165) is 17.1 Å². The molecule has 1 spiro atoms. The van der Waals surface area contributed by atoms with Crippen LogP contribution in [0.25, 0.3) is 54.6 Å². The summed E-state index contributed by atoms with van der Waals surface area (Å²) in [7, 11) is -3.62. The first-order valence-electron chi connectivity index (χ1n) is 25.2. The fourth-order valence-electron chi connectivity index (χ4n) is 12.6. The highest BCUT2D eigenvalue weighted by molar-refractivity contribution is 6.90. The summed E-state index contributed by atoms with van der Waals surface area (Å²) in [5.41, 5.74) is 17.2. The second kappa shape index (κ2) is 16.1. The molecule has 0 fully saturated rings. The maximum atomic E-state index is 2.58. The molecule has 0 saturated heterocycles. The molecule has 71 heavy (non-hydrogen) atoms. The molecular formula is C67H56N2Si2. The van der Waals surface area contributed by atoms with Crippen molar-refractivity contribution < 1.29 is 0 Å². The summed E-state index contributed by atoms with van der Waals surface area (Å²) >= 11 is 0. The standard InChI is InChI=1S/C67H56N2Si2/c1-70(2,3)62-39-23-21-37-59(62)68(45-25-9-7-10-26-45)47-41-42-54-55(43-47)48-29-13-15-33-52(48)64-56-44-61(69(46-27-11-8-12-28-46)60-38-22-24-40-63(60)71(4,5)6)51-32-14-16-34-53(51)65(56)67(66(54)64)57-35-19-17-30-49(57)50-31-18-20-36-58(50)67/h7-44H,1-6H3. The number of hydrogen-bond acceptors (Lipinski definition) is 2. The van der Waals surface area contributed by atoms with E-state index in [9.17, 15) is 0 Å².